The van der Waals surface area contributed by atoms with Gasteiger partial charge in [-0.15, -0.1) is 0 Å². The van der Waals surface area contributed by atoms with E-state index in [0.717, 1.165) is 10.8 Å². The van der Waals surface area contributed by atoms with Gasteiger partial charge >= 0.3 is 19.3 Å². The number of hydrogen-bond donors (Lipinski definition) is 0. The third-order valence-electron chi connectivity index (χ3n) is 9.42. The van der Waals surface area contributed by atoms with Gasteiger partial charge in [0.2, 0.25) is 0 Å². The van der Waals surface area contributed by atoms with E-state index in [-0.39, 0.29) is 41.7 Å². The van der Waals surface area contributed by atoms with E-state index in [1.165, 1.54) is 41.1 Å². The van der Waals surface area contributed by atoms with Crippen LogP contribution in [-0.4, -0.2) is 104 Å². The number of carbonyl (C=O) groups is 2. The van der Waals surface area contributed by atoms with Crippen LogP contribution in [0.3, 0.4) is 0 Å². The number of carbonyl (C=O) groups excluding carboxylic acids is 2. The summed E-state index contributed by atoms with van der Waals surface area (Å²) in [7, 11) is 0. The molecule has 0 radical (unpaired) electrons. The largest absolute Gasteiger partial charge is 0.486 e. The van der Waals surface area contributed by atoms with Crippen molar-refractivity contribution in [3.63, 3.8) is 0 Å². The van der Waals surface area contributed by atoms with Crippen LogP contribution < -0.4 is 30.1 Å². The molecule has 0 bridgehead atoms. The molecule has 0 saturated carbocycles. The Balaban J connectivity index is 0.000000279. The van der Waals surface area contributed by atoms with Gasteiger partial charge in [0, 0.05) is 62.6 Å². The highest BCUT2D eigenvalue weighted by Gasteiger charge is 2.32. The number of ether oxygens (including phenoxy) is 5. The number of likely N-dealkylation sites (tertiary alicyclic amines) is 1. The van der Waals surface area contributed by atoms with Crippen molar-refractivity contribution >= 4 is 34.4 Å². The molecule has 320 valence electrons. The topological polar surface area (TPSA) is 169 Å². The zero-order valence-electron chi connectivity index (χ0n) is 33.0. The molecule has 0 aliphatic carbocycles. The molecule has 5 aromatic heterocycles. The maximum absolute atomic E-state index is 13.3. The minimum Gasteiger partial charge on any atom is -0.486 e. The Morgan fingerprint density at radius 2 is 1.38 bits per heavy atom. The van der Waals surface area contributed by atoms with Gasteiger partial charge in [-0.1, -0.05) is 0 Å². The van der Waals surface area contributed by atoms with E-state index in [9.17, 15) is 36.7 Å². The molecule has 2 aliphatic rings. The molecule has 7 rings (SSSR count). The predicted molar refractivity (Wildman–Crippen MR) is 208 cm³/mol. The second-order valence-corrected chi connectivity index (χ2v) is 14.7. The number of nitrogens with zero attached hydrogens (tertiary/aromatic N) is 7. The van der Waals surface area contributed by atoms with Gasteiger partial charge in [-0.2, -0.15) is 17.6 Å². The van der Waals surface area contributed by atoms with Gasteiger partial charge < -0.3 is 37.9 Å². The summed E-state index contributed by atoms with van der Waals surface area (Å²) in [4.78, 5) is 64.5. The fourth-order valence-corrected chi connectivity index (χ4v) is 6.74. The van der Waals surface area contributed by atoms with E-state index < -0.39 is 30.5 Å². The average Bonchev–Trinajstić information content (AvgIpc) is 3.20. The van der Waals surface area contributed by atoms with E-state index in [0.29, 0.717) is 92.3 Å². The first kappa shape index (κ1) is 43.3. The molecule has 1 fully saturated rings. The van der Waals surface area contributed by atoms with Gasteiger partial charge in [0.25, 0.3) is 11.1 Å². The highest BCUT2D eigenvalue weighted by Crippen LogP contribution is 2.31. The fourth-order valence-electron chi connectivity index (χ4n) is 6.74. The summed E-state index contributed by atoms with van der Waals surface area (Å²) in [5.41, 5.74) is 0.977. The van der Waals surface area contributed by atoms with Crippen LogP contribution in [0, 0.1) is 0 Å². The van der Waals surface area contributed by atoms with Gasteiger partial charge in [0.05, 0.1) is 59.4 Å². The zero-order valence-corrected chi connectivity index (χ0v) is 33.0. The lowest BCUT2D eigenvalue weighted by Gasteiger charge is -2.39. The van der Waals surface area contributed by atoms with E-state index in [1.807, 2.05) is 20.8 Å². The number of rotatable bonds is 12. The van der Waals surface area contributed by atoms with Crippen molar-refractivity contribution < 1.29 is 50.8 Å². The lowest BCUT2D eigenvalue weighted by Crippen LogP contribution is -2.49. The number of aldehydes is 1. The van der Waals surface area contributed by atoms with Gasteiger partial charge in [-0.25, -0.2) is 4.79 Å². The third kappa shape index (κ3) is 11.2. The van der Waals surface area contributed by atoms with Crippen LogP contribution in [0.1, 0.15) is 39.3 Å². The molecule has 7 heterocycles. The highest BCUT2D eigenvalue weighted by atomic mass is 19.3. The SMILES string of the molecule is CC(C)(C)OC(=O)N(Cc1cc2c(cn1)OCCO2)C1CCN(CCn2c(=O)ccc3ncc(OC(F)F)cc32)CC1.O=CCn1c(=O)ccc2ncc(OC(F)F)cc21. The Morgan fingerprint density at radius 1 is 0.817 bits per heavy atom. The molecule has 2 aliphatic heterocycles. The number of halogens is 4. The van der Waals surface area contributed by atoms with Crippen molar-refractivity contribution in [2.45, 2.75) is 78.1 Å². The van der Waals surface area contributed by atoms with Crippen molar-refractivity contribution in [1.82, 2.24) is 33.9 Å². The number of alkyl halides is 4. The Bertz CT molecular complexity index is 2420. The number of amides is 1. The molecule has 16 nitrogen and oxygen atoms in total. The first-order valence-corrected chi connectivity index (χ1v) is 19.0. The summed E-state index contributed by atoms with van der Waals surface area (Å²) in [5.74, 6) is 0.924. The smallest absolute Gasteiger partial charge is 0.410 e. The van der Waals surface area contributed by atoms with Gasteiger partial charge in [-0.3, -0.25) is 34.0 Å². The maximum Gasteiger partial charge on any atom is 0.410 e. The Labute approximate surface area is 340 Å². The molecule has 1 amide bonds. The maximum atomic E-state index is 13.3. The highest BCUT2D eigenvalue weighted by molar-refractivity contribution is 5.77. The second kappa shape index (κ2) is 19.2. The van der Waals surface area contributed by atoms with Crippen molar-refractivity contribution in [3.05, 3.63) is 87.5 Å². The van der Waals surface area contributed by atoms with Gasteiger partial charge in [-0.05, 0) is 45.7 Å². The Hall–Kier alpha value is -6.31. The fraction of sp³-hybridized carbons (Fsp3) is 0.425. The van der Waals surface area contributed by atoms with E-state index >= 15 is 0 Å². The summed E-state index contributed by atoms with van der Waals surface area (Å²) in [5, 5.41) is 0. The number of fused-ring (bicyclic) bond motifs is 3. The second-order valence-electron chi connectivity index (χ2n) is 14.7. The van der Waals surface area contributed by atoms with Crippen molar-refractivity contribution in [1.29, 1.82) is 0 Å². The van der Waals surface area contributed by atoms with Crippen LogP contribution >= 0.6 is 0 Å². The number of aromatic nitrogens is 5. The summed E-state index contributed by atoms with van der Waals surface area (Å²) in [6, 6.07) is 10.1. The minimum atomic E-state index is -2.99. The standard InChI is InChI=1S/C29H35F2N5O6.C11H8F2N2O3/c1-29(2,3)42-28(38)36(18-19-14-24-25(17-32-19)40-13-12-39-24)20-6-8-34(9-7-20)10-11-35-23-15-21(41-27(30)31)16-33-22(23)4-5-26(35)37;12-11(13)18-7-5-9-8(14-6-7)1-2-10(17)15(9)3-4-16/h4-5,14-17,20,27H,6-13,18H2,1-3H3;1-2,4-6,11H,3H2. The normalized spacial score (nSPS) is 14.5. The summed E-state index contributed by atoms with van der Waals surface area (Å²) < 4.78 is 77.9. The molecule has 20 heteroatoms. The number of piperidine rings is 1. The van der Waals surface area contributed by atoms with Gasteiger partial charge in [0.15, 0.2) is 11.5 Å². The molecule has 0 aromatic carbocycles. The molecule has 0 N–H and O–H groups in total. The van der Waals surface area contributed by atoms with E-state index in [4.69, 9.17) is 14.2 Å². The number of pyridine rings is 5. The quantitative estimate of drug-likeness (QED) is 0.118. The first-order chi connectivity index (χ1) is 28.7. The molecule has 60 heavy (non-hydrogen) atoms. The van der Waals surface area contributed by atoms with Gasteiger partial charge in [0.1, 0.15) is 36.6 Å². The molecule has 5 aromatic rings. The van der Waals surface area contributed by atoms with Crippen LogP contribution in [0.25, 0.3) is 22.1 Å². The van der Waals surface area contributed by atoms with Crippen molar-refractivity contribution in [2.75, 3.05) is 32.8 Å². The summed E-state index contributed by atoms with van der Waals surface area (Å²) in [6.07, 6.45) is 5.49. The van der Waals surface area contributed by atoms with E-state index in [1.54, 1.807) is 23.2 Å². The Kier molecular flexibility index (Phi) is 13.8. The first-order valence-electron chi connectivity index (χ1n) is 19.0. The van der Waals surface area contributed by atoms with E-state index in [2.05, 4.69) is 29.3 Å². The van der Waals surface area contributed by atoms with Crippen LogP contribution in [0.2, 0.25) is 0 Å². The van der Waals surface area contributed by atoms with Crippen LogP contribution in [0.15, 0.2) is 70.6 Å². The molecule has 0 unspecified atom stereocenters. The zero-order chi connectivity index (χ0) is 43.0. The number of hydrogen-bond acceptors (Lipinski definition) is 13. The lowest BCUT2D eigenvalue weighted by molar-refractivity contribution is -0.108. The van der Waals surface area contributed by atoms with Crippen LogP contribution in [-0.2, 0) is 29.2 Å². The average molecular weight is 842 g/mol. The predicted octanol–water partition coefficient (Wildman–Crippen LogP) is 5.26. The molecular weight excluding hydrogens is 798 g/mol. The summed E-state index contributed by atoms with van der Waals surface area (Å²) in [6.45, 7) is 2.84. The minimum absolute atomic E-state index is 0.0790. The molecule has 0 atom stereocenters. The molecular formula is C40H43F4N7O9. The van der Waals surface area contributed by atoms with Crippen molar-refractivity contribution in [3.8, 4) is 23.0 Å². The molecule has 0 spiro atoms. The molecule has 1 saturated heterocycles. The van der Waals surface area contributed by atoms with Crippen LogP contribution in [0.4, 0.5) is 22.4 Å². The lowest BCUT2D eigenvalue weighted by atomic mass is 10.0. The van der Waals surface area contributed by atoms with Crippen molar-refractivity contribution in [2.24, 2.45) is 0 Å². The Morgan fingerprint density at radius 3 is 1.95 bits per heavy atom. The third-order valence-corrected chi connectivity index (χ3v) is 9.42. The van der Waals surface area contributed by atoms with Crippen LogP contribution in [0.5, 0.6) is 23.0 Å². The summed E-state index contributed by atoms with van der Waals surface area (Å²) >= 11 is 0. The monoisotopic (exact) mass is 841 g/mol.